The fourth-order valence-corrected chi connectivity index (χ4v) is 0. The van der Waals surface area contributed by atoms with E-state index < -0.39 is 0 Å². The Kier molecular flexibility index (Phi) is 1960. The Bertz CT molecular complexity index is 28.4. The molecule has 0 nitrogen and oxygen atoms in total. The van der Waals surface area contributed by atoms with Gasteiger partial charge in [0.2, 0.25) is 0 Å². The molecule has 168 valence electrons. The van der Waals surface area contributed by atoms with Gasteiger partial charge in [-0.05, 0) is 0 Å². The van der Waals surface area contributed by atoms with E-state index in [4.69, 9.17) is 0 Å². The molecule has 0 unspecified atom stereocenters. The third kappa shape index (κ3) is 2050. The van der Waals surface area contributed by atoms with Crippen molar-refractivity contribution >= 4 is 94.5 Å². The van der Waals surface area contributed by atoms with E-state index in [0.29, 0.717) is 0 Å². The molecule has 0 rings (SSSR count). The summed E-state index contributed by atoms with van der Waals surface area (Å²) < 4.78 is 0. The van der Waals surface area contributed by atoms with E-state index >= 15 is 0 Å². The molecular weight excluding hydrogens is 417 g/mol. The minimum atomic E-state index is 0. The van der Waals surface area contributed by atoms with Crippen molar-refractivity contribution < 1.29 is 0 Å². The van der Waals surface area contributed by atoms with Crippen molar-refractivity contribution in [2.75, 3.05) is 0 Å². The first-order valence-corrected chi connectivity index (χ1v) is 5.66. The standard InChI is InChI=1S/4C3H8.4CH4.7H2S/c4*1-3-2;;;;;;;;;;;/h4*3H2,1-2H3;4*1H4;7*1H2. The van der Waals surface area contributed by atoms with Crippen LogP contribution in [0, 0.1) is 0 Å². The van der Waals surface area contributed by atoms with Gasteiger partial charge in [0.05, 0.1) is 0 Å². The molecule has 0 aliphatic heterocycles. The average molecular weight is 479 g/mol. The first kappa shape index (κ1) is 139. The van der Waals surface area contributed by atoms with Crippen LogP contribution in [0.3, 0.4) is 0 Å². The van der Waals surface area contributed by atoms with Crippen LogP contribution in [0.25, 0.3) is 0 Å². The third-order valence-corrected chi connectivity index (χ3v) is 0. The molecule has 0 heterocycles. The van der Waals surface area contributed by atoms with Crippen molar-refractivity contribution in [1.29, 1.82) is 0 Å². The van der Waals surface area contributed by atoms with Gasteiger partial charge in [0, 0.05) is 0 Å². The van der Waals surface area contributed by atoms with Crippen LogP contribution in [0.4, 0.5) is 0 Å². The highest BCUT2D eigenvalue weighted by Crippen LogP contribution is 1.57. The Morgan fingerprint density at radius 1 is 0.261 bits per heavy atom. The Balaban J connectivity index is -0.00000000246. The van der Waals surface area contributed by atoms with Gasteiger partial charge in [0.25, 0.3) is 0 Å². The molecule has 0 amide bonds. The van der Waals surface area contributed by atoms with Gasteiger partial charge in [-0.25, -0.2) is 0 Å². The van der Waals surface area contributed by atoms with E-state index in [9.17, 15) is 0 Å². The van der Waals surface area contributed by atoms with Gasteiger partial charge in [0.15, 0.2) is 0 Å². The molecule has 0 bridgehead atoms. The zero-order valence-electron chi connectivity index (χ0n) is 14.3. The lowest BCUT2D eigenvalue weighted by Crippen LogP contribution is -1.27. The molecule has 0 aliphatic carbocycles. The molecule has 7 heteroatoms. The summed E-state index contributed by atoms with van der Waals surface area (Å²) in [6.07, 6.45) is 5.00. The highest BCUT2D eigenvalue weighted by atomic mass is 32.1. The second-order valence-corrected chi connectivity index (χ2v) is 2.83. The second kappa shape index (κ2) is 323. The SMILES string of the molecule is C.C.C.C.CCC.CCC.CCC.CCC.S.S.S.S.S.S.S. The van der Waals surface area contributed by atoms with E-state index in [2.05, 4.69) is 55.4 Å². The van der Waals surface area contributed by atoms with Crippen molar-refractivity contribution in [3.8, 4) is 0 Å². The van der Waals surface area contributed by atoms with Crippen LogP contribution < -0.4 is 0 Å². The number of hydrogen-bond donors (Lipinski definition) is 0. The summed E-state index contributed by atoms with van der Waals surface area (Å²) in [5.41, 5.74) is 0. The minimum Gasteiger partial charge on any atom is -0.197 e. The summed E-state index contributed by atoms with van der Waals surface area (Å²) in [6.45, 7) is 17.0. The highest BCUT2D eigenvalue weighted by molar-refractivity contribution is 7.60. The predicted molar refractivity (Wildman–Crippen MR) is 163 cm³/mol. The first-order chi connectivity index (χ1) is 5.66. The minimum absolute atomic E-state index is 0. The maximum atomic E-state index is 2.12. The Hall–Kier alpha value is 2.45. The molecular formula is C16H62S7. The van der Waals surface area contributed by atoms with E-state index in [-0.39, 0.29) is 124 Å². The lowest BCUT2D eigenvalue weighted by atomic mass is 10.6. The van der Waals surface area contributed by atoms with E-state index in [0.717, 1.165) is 0 Å². The van der Waals surface area contributed by atoms with E-state index in [1.165, 1.54) is 25.7 Å². The molecule has 0 spiro atoms. The molecule has 0 radical (unpaired) electrons. The fourth-order valence-electron chi connectivity index (χ4n) is 0. The van der Waals surface area contributed by atoms with Crippen molar-refractivity contribution in [2.45, 2.75) is 111 Å². The number of rotatable bonds is 0. The Morgan fingerprint density at radius 2 is 0.261 bits per heavy atom. The molecule has 0 aliphatic rings. The lowest BCUT2D eigenvalue weighted by Gasteiger charge is -1.48. The van der Waals surface area contributed by atoms with Crippen LogP contribution in [0.2, 0.25) is 0 Å². The van der Waals surface area contributed by atoms with Gasteiger partial charge < -0.3 is 0 Å². The molecule has 23 heavy (non-hydrogen) atoms. The molecule has 0 aromatic carbocycles. The topological polar surface area (TPSA) is 0 Å². The predicted octanol–water partition coefficient (Wildman–Crippen LogP) is 9.00. The van der Waals surface area contributed by atoms with Crippen LogP contribution in [0.1, 0.15) is 111 Å². The third-order valence-electron chi connectivity index (χ3n) is 0. The molecule has 0 N–H and O–H groups in total. The normalized spacial score (nSPS) is 3.13. The molecule has 0 atom stereocenters. The van der Waals surface area contributed by atoms with Gasteiger partial charge in [-0.3, -0.25) is 0 Å². The van der Waals surface area contributed by atoms with Crippen LogP contribution in [-0.2, 0) is 0 Å². The van der Waals surface area contributed by atoms with Crippen LogP contribution in [0.5, 0.6) is 0 Å². The summed E-state index contributed by atoms with van der Waals surface area (Å²) >= 11 is 0. The second-order valence-electron chi connectivity index (χ2n) is 2.83. The van der Waals surface area contributed by atoms with Crippen molar-refractivity contribution in [3.05, 3.63) is 0 Å². The zero-order valence-corrected chi connectivity index (χ0v) is 21.3. The molecule has 0 saturated heterocycles. The highest BCUT2D eigenvalue weighted by Gasteiger charge is 1.36. The van der Waals surface area contributed by atoms with Crippen LogP contribution >= 0.6 is 94.5 Å². The Labute approximate surface area is 204 Å². The molecule has 0 aromatic heterocycles. The average Bonchev–Trinajstić information content (AvgIpc) is 1.92. The van der Waals surface area contributed by atoms with Gasteiger partial charge in [-0.15, -0.1) is 0 Å². The molecule has 0 fully saturated rings. The van der Waals surface area contributed by atoms with E-state index in [1.807, 2.05) is 0 Å². The number of hydrogen-bond acceptors (Lipinski definition) is 0. The fraction of sp³-hybridized carbons (Fsp3) is 1.00. The maximum absolute atomic E-state index is 2.12. The zero-order chi connectivity index (χ0) is 10.8. The van der Waals surface area contributed by atoms with Crippen molar-refractivity contribution in [1.82, 2.24) is 0 Å². The van der Waals surface area contributed by atoms with Gasteiger partial charge in [0.1, 0.15) is 0 Å². The summed E-state index contributed by atoms with van der Waals surface area (Å²) in [7, 11) is 0. The van der Waals surface area contributed by atoms with E-state index in [1.54, 1.807) is 0 Å². The molecule has 0 saturated carbocycles. The summed E-state index contributed by atoms with van der Waals surface area (Å²) in [6, 6.07) is 0. The van der Waals surface area contributed by atoms with Gasteiger partial charge in [-0.1, -0.05) is 111 Å². The maximum Gasteiger partial charge on any atom is -0.0590 e. The summed E-state index contributed by atoms with van der Waals surface area (Å²) in [4.78, 5) is 0. The lowest BCUT2D eigenvalue weighted by molar-refractivity contribution is 1.09. The Morgan fingerprint density at radius 3 is 0.261 bits per heavy atom. The van der Waals surface area contributed by atoms with Crippen LogP contribution in [-0.4, -0.2) is 0 Å². The first-order valence-electron chi connectivity index (χ1n) is 5.66. The van der Waals surface area contributed by atoms with Crippen LogP contribution in [0.15, 0.2) is 0 Å². The monoisotopic (exact) mass is 478 g/mol. The van der Waals surface area contributed by atoms with Gasteiger partial charge in [-0.2, -0.15) is 94.5 Å². The molecule has 0 aromatic rings. The smallest absolute Gasteiger partial charge is 0.0590 e. The summed E-state index contributed by atoms with van der Waals surface area (Å²) in [5.74, 6) is 0. The van der Waals surface area contributed by atoms with Crippen molar-refractivity contribution in [2.24, 2.45) is 0 Å². The largest absolute Gasteiger partial charge is 0.197 e. The summed E-state index contributed by atoms with van der Waals surface area (Å²) in [5, 5.41) is 0. The van der Waals surface area contributed by atoms with Crippen molar-refractivity contribution in [3.63, 3.8) is 0 Å². The van der Waals surface area contributed by atoms with Gasteiger partial charge >= 0.3 is 0 Å². The quantitative estimate of drug-likeness (QED) is 0.325.